The van der Waals surface area contributed by atoms with Gasteiger partial charge in [0, 0.05) is 6.61 Å². The van der Waals surface area contributed by atoms with E-state index >= 15 is 0 Å². The summed E-state index contributed by atoms with van der Waals surface area (Å²) in [6.45, 7) is 1.54. The number of ether oxygens (including phenoxy) is 1. The Kier molecular flexibility index (Phi) is 4.37. The van der Waals surface area contributed by atoms with Crippen molar-refractivity contribution in [3.63, 3.8) is 0 Å². The summed E-state index contributed by atoms with van der Waals surface area (Å²) in [5.41, 5.74) is 1.23. The fraction of sp³-hybridized carbons (Fsp3) is 0.571. The molecule has 1 aliphatic carbocycles. The number of hydrogen-bond donors (Lipinski definition) is 1. The van der Waals surface area contributed by atoms with Gasteiger partial charge in [-0.2, -0.15) is 0 Å². The zero-order valence-electron chi connectivity index (χ0n) is 9.64. The molecule has 1 N–H and O–H groups in total. The van der Waals surface area contributed by atoms with E-state index in [0.717, 1.165) is 32.3 Å². The summed E-state index contributed by atoms with van der Waals surface area (Å²) in [6, 6.07) is 10.3. The molecule has 0 saturated heterocycles. The van der Waals surface area contributed by atoms with E-state index in [2.05, 4.69) is 12.1 Å². The third-order valence-electron chi connectivity index (χ3n) is 3.28. The molecule has 0 spiro atoms. The molecule has 1 saturated carbocycles. The molecule has 0 unspecified atom stereocenters. The lowest BCUT2D eigenvalue weighted by Crippen LogP contribution is -2.21. The summed E-state index contributed by atoms with van der Waals surface area (Å²) >= 11 is 0. The van der Waals surface area contributed by atoms with Crippen molar-refractivity contribution in [3.05, 3.63) is 35.9 Å². The minimum Gasteiger partial charge on any atom is -0.393 e. The molecule has 88 valence electrons. The van der Waals surface area contributed by atoms with Crippen LogP contribution in [0.3, 0.4) is 0 Å². The molecule has 2 nitrogen and oxygen atoms in total. The summed E-state index contributed by atoms with van der Waals surface area (Å²) in [7, 11) is 0. The predicted octanol–water partition coefficient (Wildman–Crippen LogP) is 2.75. The first-order chi connectivity index (χ1) is 7.84. The van der Waals surface area contributed by atoms with E-state index in [9.17, 15) is 5.11 Å². The Bertz CT molecular complexity index is 289. The molecule has 1 aromatic rings. The van der Waals surface area contributed by atoms with E-state index in [1.807, 2.05) is 18.2 Å². The maximum atomic E-state index is 9.39. The van der Waals surface area contributed by atoms with Crippen molar-refractivity contribution < 1.29 is 9.84 Å². The van der Waals surface area contributed by atoms with Crippen molar-refractivity contribution in [2.75, 3.05) is 6.61 Å². The quantitative estimate of drug-likeness (QED) is 0.845. The molecule has 0 heterocycles. The minimum absolute atomic E-state index is 0.0645. The lowest BCUT2D eigenvalue weighted by atomic mass is 9.88. The van der Waals surface area contributed by atoms with Crippen molar-refractivity contribution in [2.45, 2.75) is 38.4 Å². The second-order valence-electron chi connectivity index (χ2n) is 4.68. The largest absolute Gasteiger partial charge is 0.393 e. The summed E-state index contributed by atoms with van der Waals surface area (Å²) in [4.78, 5) is 0. The van der Waals surface area contributed by atoms with Gasteiger partial charge < -0.3 is 9.84 Å². The Morgan fingerprint density at radius 1 is 1.06 bits per heavy atom. The van der Waals surface area contributed by atoms with Crippen LogP contribution in [0.5, 0.6) is 0 Å². The third-order valence-corrected chi connectivity index (χ3v) is 3.28. The van der Waals surface area contributed by atoms with Gasteiger partial charge in [0.15, 0.2) is 0 Å². The second kappa shape index (κ2) is 6.02. The fourth-order valence-corrected chi connectivity index (χ4v) is 2.23. The number of hydrogen-bond acceptors (Lipinski definition) is 2. The van der Waals surface area contributed by atoms with Crippen molar-refractivity contribution in [1.82, 2.24) is 0 Å². The van der Waals surface area contributed by atoms with E-state index in [0.29, 0.717) is 12.5 Å². The molecule has 1 fully saturated rings. The molecule has 0 amide bonds. The lowest BCUT2D eigenvalue weighted by molar-refractivity contribution is 0.0445. The van der Waals surface area contributed by atoms with Gasteiger partial charge in [-0.05, 0) is 37.2 Å². The van der Waals surface area contributed by atoms with Gasteiger partial charge in [0.25, 0.3) is 0 Å². The topological polar surface area (TPSA) is 29.5 Å². The molecule has 0 aliphatic heterocycles. The maximum absolute atomic E-state index is 9.39. The predicted molar refractivity (Wildman–Crippen MR) is 64.1 cm³/mol. The molecule has 2 rings (SSSR count). The third kappa shape index (κ3) is 3.62. The molecule has 2 heteroatoms. The van der Waals surface area contributed by atoms with Gasteiger partial charge in [-0.3, -0.25) is 0 Å². The summed E-state index contributed by atoms with van der Waals surface area (Å²) < 4.78 is 5.71. The van der Waals surface area contributed by atoms with Crippen LogP contribution in [0, 0.1) is 5.92 Å². The number of rotatable bonds is 4. The van der Waals surface area contributed by atoms with Gasteiger partial charge in [0.05, 0.1) is 12.7 Å². The Morgan fingerprint density at radius 3 is 2.44 bits per heavy atom. The van der Waals surface area contributed by atoms with Crippen LogP contribution in [0.25, 0.3) is 0 Å². The van der Waals surface area contributed by atoms with Gasteiger partial charge in [-0.15, -0.1) is 0 Å². The average Bonchev–Trinajstić information content (AvgIpc) is 2.33. The van der Waals surface area contributed by atoms with Gasteiger partial charge in [-0.25, -0.2) is 0 Å². The van der Waals surface area contributed by atoms with Crippen LogP contribution in [0.15, 0.2) is 30.3 Å². The number of benzene rings is 1. The van der Waals surface area contributed by atoms with Crippen LogP contribution in [-0.2, 0) is 11.3 Å². The van der Waals surface area contributed by atoms with Crippen LogP contribution in [0.2, 0.25) is 0 Å². The monoisotopic (exact) mass is 220 g/mol. The van der Waals surface area contributed by atoms with Crippen molar-refractivity contribution in [1.29, 1.82) is 0 Å². The van der Waals surface area contributed by atoms with Gasteiger partial charge >= 0.3 is 0 Å². The van der Waals surface area contributed by atoms with E-state index < -0.39 is 0 Å². The zero-order valence-corrected chi connectivity index (χ0v) is 9.64. The van der Waals surface area contributed by atoms with Crippen molar-refractivity contribution >= 4 is 0 Å². The second-order valence-corrected chi connectivity index (χ2v) is 4.68. The van der Waals surface area contributed by atoms with E-state index in [1.165, 1.54) is 5.56 Å². The van der Waals surface area contributed by atoms with Crippen molar-refractivity contribution in [2.24, 2.45) is 5.92 Å². The van der Waals surface area contributed by atoms with E-state index in [1.54, 1.807) is 0 Å². The Hall–Kier alpha value is -0.860. The molecular formula is C14H20O2. The number of aliphatic hydroxyl groups excluding tert-OH is 1. The first-order valence-corrected chi connectivity index (χ1v) is 6.14. The first-order valence-electron chi connectivity index (χ1n) is 6.14. The Balaban J connectivity index is 1.65. The zero-order chi connectivity index (χ0) is 11.2. The summed E-state index contributed by atoms with van der Waals surface area (Å²) in [5, 5.41) is 9.39. The molecule has 16 heavy (non-hydrogen) atoms. The SMILES string of the molecule is O[C@H]1CC[C@@H](COCc2ccccc2)CC1. The van der Waals surface area contributed by atoms with Gasteiger partial charge in [0.1, 0.15) is 0 Å². The Morgan fingerprint density at radius 2 is 1.75 bits per heavy atom. The normalized spacial score (nSPS) is 25.6. The highest BCUT2D eigenvalue weighted by molar-refractivity contribution is 5.13. The van der Waals surface area contributed by atoms with Gasteiger partial charge in [0.2, 0.25) is 0 Å². The standard InChI is InChI=1S/C14H20O2/c15-14-8-6-13(7-9-14)11-16-10-12-4-2-1-3-5-12/h1-5,13-15H,6-11H2/t13-,14+. The van der Waals surface area contributed by atoms with Crippen LogP contribution in [-0.4, -0.2) is 17.8 Å². The van der Waals surface area contributed by atoms with Crippen molar-refractivity contribution in [3.8, 4) is 0 Å². The average molecular weight is 220 g/mol. The lowest BCUT2D eigenvalue weighted by Gasteiger charge is -2.25. The fourth-order valence-electron chi connectivity index (χ4n) is 2.23. The van der Waals surface area contributed by atoms with Crippen LogP contribution >= 0.6 is 0 Å². The molecule has 0 radical (unpaired) electrons. The van der Waals surface area contributed by atoms with Crippen LogP contribution in [0.1, 0.15) is 31.2 Å². The number of aliphatic hydroxyl groups is 1. The van der Waals surface area contributed by atoms with E-state index in [-0.39, 0.29) is 6.10 Å². The molecular weight excluding hydrogens is 200 g/mol. The summed E-state index contributed by atoms with van der Waals surface area (Å²) in [6.07, 6.45) is 4.04. The maximum Gasteiger partial charge on any atom is 0.0717 e. The van der Waals surface area contributed by atoms with Crippen LogP contribution in [0.4, 0.5) is 0 Å². The summed E-state index contributed by atoms with van der Waals surface area (Å²) in [5.74, 6) is 0.645. The highest BCUT2D eigenvalue weighted by Crippen LogP contribution is 2.24. The van der Waals surface area contributed by atoms with Crippen LogP contribution < -0.4 is 0 Å². The van der Waals surface area contributed by atoms with Gasteiger partial charge in [-0.1, -0.05) is 30.3 Å². The minimum atomic E-state index is -0.0645. The highest BCUT2D eigenvalue weighted by Gasteiger charge is 2.19. The molecule has 1 aliphatic rings. The highest BCUT2D eigenvalue weighted by atomic mass is 16.5. The Labute approximate surface area is 97.3 Å². The first kappa shape index (κ1) is 11.6. The molecule has 0 aromatic heterocycles. The molecule has 0 bridgehead atoms. The smallest absolute Gasteiger partial charge is 0.0717 e. The van der Waals surface area contributed by atoms with E-state index in [4.69, 9.17) is 4.74 Å². The molecule has 1 aromatic carbocycles. The molecule has 0 atom stereocenters.